The summed E-state index contributed by atoms with van der Waals surface area (Å²) in [7, 11) is -0.883. The minimum absolute atomic E-state index is 0.174. The topological polar surface area (TPSA) is 55.4 Å². The lowest BCUT2D eigenvalue weighted by atomic mass is 10.2. The average molecular weight is 321 g/mol. The second-order valence-corrected chi connectivity index (χ2v) is 7.05. The number of hydrogen-bond donors (Lipinski definition) is 1. The van der Waals surface area contributed by atoms with Crippen LogP contribution in [0.15, 0.2) is 30.3 Å². The SMILES string of the molecule is CS(=O)CCNC(=O)/C=C/c1cccc(OC2CCCC2)c1. The Bertz CT molecular complexity index is 551. The van der Waals surface area contributed by atoms with E-state index < -0.39 is 10.8 Å². The fourth-order valence-electron chi connectivity index (χ4n) is 2.44. The van der Waals surface area contributed by atoms with E-state index in [-0.39, 0.29) is 5.91 Å². The molecular formula is C17H23NO3S. The van der Waals surface area contributed by atoms with Gasteiger partial charge in [-0.2, -0.15) is 0 Å². The van der Waals surface area contributed by atoms with Crippen molar-refractivity contribution in [3.63, 3.8) is 0 Å². The van der Waals surface area contributed by atoms with Crippen LogP contribution in [0, 0.1) is 0 Å². The summed E-state index contributed by atoms with van der Waals surface area (Å²) in [5.74, 6) is 1.16. The summed E-state index contributed by atoms with van der Waals surface area (Å²) in [6, 6.07) is 7.77. The highest BCUT2D eigenvalue weighted by molar-refractivity contribution is 7.84. The van der Waals surface area contributed by atoms with Gasteiger partial charge in [-0.1, -0.05) is 12.1 Å². The zero-order chi connectivity index (χ0) is 15.8. The normalized spacial score (nSPS) is 16.8. The summed E-state index contributed by atoms with van der Waals surface area (Å²) in [5, 5.41) is 2.71. The van der Waals surface area contributed by atoms with Gasteiger partial charge in [-0.25, -0.2) is 0 Å². The van der Waals surface area contributed by atoms with Gasteiger partial charge in [0.25, 0.3) is 0 Å². The van der Waals surface area contributed by atoms with Gasteiger partial charge < -0.3 is 10.1 Å². The van der Waals surface area contributed by atoms with E-state index in [1.165, 1.54) is 18.9 Å². The van der Waals surface area contributed by atoms with Gasteiger partial charge in [0.15, 0.2) is 0 Å². The average Bonchev–Trinajstić information content (AvgIpc) is 2.98. The van der Waals surface area contributed by atoms with Gasteiger partial charge in [-0.05, 0) is 49.5 Å². The van der Waals surface area contributed by atoms with Crippen molar-refractivity contribution in [3.8, 4) is 5.75 Å². The van der Waals surface area contributed by atoms with Crippen LogP contribution in [0.25, 0.3) is 6.08 Å². The summed E-state index contributed by atoms with van der Waals surface area (Å²) in [5.41, 5.74) is 0.935. The molecule has 1 aromatic carbocycles. The minimum atomic E-state index is -0.883. The maximum Gasteiger partial charge on any atom is 0.244 e. The predicted molar refractivity (Wildman–Crippen MR) is 90.3 cm³/mol. The number of hydrogen-bond acceptors (Lipinski definition) is 3. The first-order valence-corrected chi connectivity index (χ1v) is 9.39. The van der Waals surface area contributed by atoms with Gasteiger partial charge in [-0.3, -0.25) is 9.00 Å². The number of ether oxygens (including phenoxy) is 1. The van der Waals surface area contributed by atoms with Crippen LogP contribution in [0.4, 0.5) is 0 Å². The van der Waals surface area contributed by atoms with Crippen LogP contribution in [0.1, 0.15) is 31.2 Å². The second kappa shape index (κ2) is 8.73. The maximum absolute atomic E-state index is 11.6. The molecular weight excluding hydrogens is 298 g/mol. The van der Waals surface area contributed by atoms with Crippen LogP contribution in [0.2, 0.25) is 0 Å². The van der Waals surface area contributed by atoms with E-state index >= 15 is 0 Å². The number of carbonyl (C=O) groups excluding carboxylic acids is 1. The van der Waals surface area contributed by atoms with Crippen molar-refractivity contribution in [2.24, 2.45) is 0 Å². The first kappa shape index (κ1) is 16.7. The molecule has 0 aromatic heterocycles. The molecule has 120 valence electrons. The standard InChI is InChI=1S/C17H23NO3S/c1-22(20)12-11-18-17(19)10-9-14-5-4-8-16(13-14)21-15-6-2-3-7-15/h4-5,8-10,13,15H,2-3,6-7,11-12H2,1H3,(H,18,19)/b10-9+. The van der Waals surface area contributed by atoms with Crippen molar-refractivity contribution >= 4 is 22.8 Å². The summed E-state index contributed by atoms with van der Waals surface area (Å²) >= 11 is 0. The molecule has 1 aliphatic rings. The van der Waals surface area contributed by atoms with E-state index in [0.717, 1.165) is 24.2 Å². The lowest BCUT2D eigenvalue weighted by Gasteiger charge is -2.13. The molecule has 1 N–H and O–H groups in total. The number of carbonyl (C=O) groups is 1. The molecule has 0 saturated heterocycles. The van der Waals surface area contributed by atoms with Crippen LogP contribution < -0.4 is 10.1 Å². The van der Waals surface area contributed by atoms with Crippen LogP contribution in [0.5, 0.6) is 5.75 Å². The Kier molecular flexibility index (Phi) is 6.65. The Hall–Kier alpha value is -1.62. The van der Waals surface area contributed by atoms with Crippen LogP contribution in [0.3, 0.4) is 0 Å². The Morgan fingerprint density at radius 1 is 1.41 bits per heavy atom. The van der Waals surface area contributed by atoms with E-state index in [1.807, 2.05) is 24.3 Å². The molecule has 1 amide bonds. The third kappa shape index (κ3) is 6.02. The highest BCUT2D eigenvalue weighted by Gasteiger charge is 2.16. The van der Waals surface area contributed by atoms with Crippen LogP contribution in [-0.2, 0) is 15.6 Å². The second-order valence-electron chi connectivity index (χ2n) is 5.50. The quantitative estimate of drug-likeness (QED) is 0.785. The molecule has 0 spiro atoms. The third-order valence-electron chi connectivity index (χ3n) is 3.58. The minimum Gasteiger partial charge on any atom is -0.490 e. The Morgan fingerprint density at radius 2 is 2.18 bits per heavy atom. The predicted octanol–water partition coefficient (Wildman–Crippen LogP) is 2.52. The fourth-order valence-corrected chi connectivity index (χ4v) is 2.83. The van der Waals surface area contributed by atoms with Gasteiger partial charge in [0, 0.05) is 35.4 Å². The number of nitrogens with one attached hydrogen (secondary N) is 1. The van der Waals surface area contributed by atoms with E-state index in [2.05, 4.69) is 5.32 Å². The first-order chi connectivity index (χ1) is 10.6. The molecule has 1 aromatic rings. The zero-order valence-corrected chi connectivity index (χ0v) is 13.7. The zero-order valence-electron chi connectivity index (χ0n) is 12.9. The Morgan fingerprint density at radius 3 is 2.91 bits per heavy atom. The Balaban J connectivity index is 1.84. The molecule has 22 heavy (non-hydrogen) atoms. The summed E-state index contributed by atoms with van der Waals surface area (Å²) in [4.78, 5) is 11.6. The van der Waals surface area contributed by atoms with E-state index in [9.17, 15) is 9.00 Å². The smallest absolute Gasteiger partial charge is 0.244 e. The highest BCUT2D eigenvalue weighted by atomic mass is 32.2. The van der Waals surface area contributed by atoms with E-state index in [4.69, 9.17) is 4.74 Å². The molecule has 0 bridgehead atoms. The van der Waals surface area contributed by atoms with Crippen molar-refractivity contribution in [3.05, 3.63) is 35.9 Å². The van der Waals surface area contributed by atoms with E-state index in [1.54, 1.807) is 12.3 Å². The summed E-state index contributed by atoms with van der Waals surface area (Å²) in [6.07, 6.45) is 9.95. The van der Waals surface area contributed by atoms with Crippen molar-refractivity contribution in [1.82, 2.24) is 5.32 Å². The molecule has 1 unspecified atom stereocenters. The molecule has 4 nitrogen and oxygen atoms in total. The van der Waals surface area contributed by atoms with Crippen LogP contribution in [-0.4, -0.2) is 34.8 Å². The fraction of sp³-hybridized carbons (Fsp3) is 0.471. The summed E-state index contributed by atoms with van der Waals surface area (Å²) in [6.45, 7) is 0.428. The molecule has 5 heteroatoms. The van der Waals surface area contributed by atoms with Crippen molar-refractivity contribution < 1.29 is 13.7 Å². The van der Waals surface area contributed by atoms with Gasteiger partial charge in [0.05, 0.1) is 6.10 Å². The molecule has 1 saturated carbocycles. The largest absolute Gasteiger partial charge is 0.490 e. The molecule has 2 rings (SSSR count). The lowest BCUT2D eigenvalue weighted by Crippen LogP contribution is -2.25. The number of benzene rings is 1. The third-order valence-corrected chi connectivity index (χ3v) is 4.36. The van der Waals surface area contributed by atoms with Gasteiger partial charge in [0.2, 0.25) is 5.91 Å². The maximum atomic E-state index is 11.6. The van der Waals surface area contributed by atoms with Crippen LogP contribution >= 0.6 is 0 Å². The Labute approximate surface area is 134 Å². The highest BCUT2D eigenvalue weighted by Crippen LogP contribution is 2.24. The van der Waals surface area contributed by atoms with Gasteiger partial charge >= 0.3 is 0 Å². The molecule has 1 aliphatic carbocycles. The first-order valence-electron chi connectivity index (χ1n) is 7.66. The lowest BCUT2D eigenvalue weighted by molar-refractivity contribution is -0.116. The monoisotopic (exact) mass is 321 g/mol. The van der Waals surface area contributed by atoms with Gasteiger partial charge in [0.1, 0.15) is 5.75 Å². The van der Waals surface area contributed by atoms with E-state index in [0.29, 0.717) is 18.4 Å². The summed E-state index contributed by atoms with van der Waals surface area (Å²) < 4.78 is 16.9. The molecule has 0 radical (unpaired) electrons. The molecule has 1 atom stereocenters. The van der Waals surface area contributed by atoms with Gasteiger partial charge in [-0.15, -0.1) is 0 Å². The number of amides is 1. The molecule has 0 heterocycles. The molecule has 1 fully saturated rings. The van der Waals surface area contributed by atoms with Crippen molar-refractivity contribution in [2.45, 2.75) is 31.8 Å². The van der Waals surface area contributed by atoms with Crippen molar-refractivity contribution in [1.29, 1.82) is 0 Å². The number of rotatable bonds is 7. The van der Waals surface area contributed by atoms with Crippen molar-refractivity contribution in [2.75, 3.05) is 18.6 Å². The molecule has 0 aliphatic heterocycles.